The third kappa shape index (κ3) is 7.01. The minimum atomic E-state index is -3.44. The van der Waals surface area contributed by atoms with E-state index in [1.165, 1.54) is 0 Å². The fourth-order valence-corrected chi connectivity index (χ4v) is 5.65. The minimum absolute atomic E-state index is 0. The molecule has 3 rings (SSSR count). The highest BCUT2D eigenvalue weighted by atomic mass is 127. The monoisotopic (exact) mass is 566 g/mol. The van der Waals surface area contributed by atoms with Crippen molar-refractivity contribution >= 4 is 40.0 Å². The lowest BCUT2D eigenvalue weighted by molar-refractivity contribution is 0.127. The maximum atomic E-state index is 12.9. The van der Waals surface area contributed by atoms with Crippen molar-refractivity contribution in [3.05, 3.63) is 29.8 Å². The summed E-state index contributed by atoms with van der Waals surface area (Å²) in [4.78, 5) is 4.61. The van der Waals surface area contributed by atoms with Gasteiger partial charge in [0, 0.05) is 51.9 Å². The second-order valence-electron chi connectivity index (χ2n) is 8.17. The van der Waals surface area contributed by atoms with E-state index in [0.29, 0.717) is 56.7 Å². The molecule has 0 saturated carbocycles. The summed E-state index contributed by atoms with van der Waals surface area (Å²) in [6.45, 7) is 3.81. The quantitative estimate of drug-likeness (QED) is 0.253. The van der Waals surface area contributed by atoms with Gasteiger partial charge in [0.2, 0.25) is 10.0 Å². The molecule has 2 aliphatic heterocycles. The van der Waals surface area contributed by atoms with Crippen LogP contribution in [0.15, 0.2) is 34.2 Å². The first kappa shape index (κ1) is 26.3. The summed E-state index contributed by atoms with van der Waals surface area (Å²) in [6, 6.07) is 7.10. The van der Waals surface area contributed by atoms with Crippen molar-refractivity contribution in [3.8, 4) is 0 Å². The van der Waals surface area contributed by atoms with E-state index in [-0.39, 0.29) is 36.0 Å². The van der Waals surface area contributed by atoms with Crippen LogP contribution < -0.4 is 10.6 Å². The Kier molecular flexibility index (Phi) is 10.5. The van der Waals surface area contributed by atoms with Gasteiger partial charge in [0.15, 0.2) is 5.96 Å². The average Bonchev–Trinajstić information content (AvgIpc) is 3.23. The van der Waals surface area contributed by atoms with E-state index < -0.39 is 10.0 Å². The van der Waals surface area contributed by atoms with Crippen LogP contribution in [0.1, 0.15) is 37.7 Å². The number of sulfonamides is 1. The zero-order valence-electron chi connectivity index (χ0n) is 18.2. The number of benzene rings is 1. The van der Waals surface area contributed by atoms with Gasteiger partial charge in [0.25, 0.3) is 0 Å². The largest absolute Gasteiger partial charge is 0.396 e. The van der Waals surface area contributed by atoms with Crippen molar-refractivity contribution in [1.82, 2.24) is 14.9 Å². The topological polar surface area (TPSA) is 103 Å². The van der Waals surface area contributed by atoms with E-state index in [0.717, 1.165) is 31.2 Å². The van der Waals surface area contributed by atoms with Gasteiger partial charge < -0.3 is 20.5 Å². The van der Waals surface area contributed by atoms with Crippen molar-refractivity contribution in [2.24, 2.45) is 10.4 Å². The molecule has 1 atom stereocenters. The molecule has 8 nitrogen and oxygen atoms in total. The Morgan fingerprint density at radius 1 is 1.26 bits per heavy atom. The Bertz CT molecular complexity index is 822. The van der Waals surface area contributed by atoms with Gasteiger partial charge >= 0.3 is 0 Å². The number of guanidine groups is 1. The van der Waals surface area contributed by atoms with Crippen LogP contribution in [-0.4, -0.2) is 70.3 Å². The lowest BCUT2D eigenvalue weighted by atomic mass is 9.84. The first-order valence-electron chi connectivity index (χ1n) is 10.7. The Morgan fingerprint density at radius 2 is 2.03 bits per heavy atom. The van der Waals surface area contributed by atoms with Gasteiger partial charge in [-0.1, -0.05) is 18.6 Å². The third-order valence-corrected chi connectivity index (χ3v) is 7.89. The predicted octanol–water partition coefficient (Wildman–Crippen LogP) is 1.93. The molecule has 0 spiro atoms. The molecule has 2 saturated heterocycles. The number of hydrogen-bond acceptors (Lipinski definition) is 5. The first-order chi connectivity index (χ1) is 14.5. The van der Waals surface area contributed by atoms with Crippen molar-refractivity contribution in [3.63, 3.8) is 0 Å². The van der Waals surface area contributed by atoms with Gasteiger partial charge in [-0.05, 0) is 43.4 Å². The third-order valence-electron chi connectivity index (χ3n) is 5.99. The molecule has 10 heteroatoms. The second kappa shape index (κ2) is 12.3. The van der Waals surface area contributed by atoms with E-state index >= 15 is 0 Å². The number of aliphatic imine (C=N–C) groups is 1. The summed E-state index contributed by atoms with van der Waals surface area (Å²) in [7, 11) is -1.74. The molecule has 3 N–H and O–H groups in total. The number of rotatable bonds is 8. The second-order valence-corrected chi connectivity index (χ2v) is 10.1. The zero-order valence-corrected chi connectivity index (χ0v) is 21.3. The van der Waals surface area contributed by atoms with Gasteiger partial charge in [-0.25, -0.2) is 8.42 Å². The molecular formula is C21H35IN4O4S. The van der Waals surface area contributed by atoms with Crippen molar-refractivity contribution < 1.29 is 18.3 Å². The fraction of sp³-hybridized carbons (Fsp3) is 0.667. The number of nitrogens with zero attached hydrogens (tertiary/aromatic N) is 2. The summed E-state index contributed by atoms with van der Waals surface area (Å²) in [5.74, 6) is 0.642. The molecule has 31 heavy (non-hydrogen) atoms. The summed E-state index contributed by atoms with van der Waals surface area (Å²) >= 11 is 0. The minimum Gasteiger partial charge on any atom is -0.396 e. The van der Waals surface area contributed by atoms with Gasteiger partial charge in [-0.15, -0.1) is 24.0 Å². The SMILES string of the molecule is CN=C(NCc1cccc(S(=O)(=O)N2CCCCC2)c1)NCC1(CCO)CCOC1.I. The Balaban J connectivity index is 0.00000341. The number of aliphatic hydroxyl groups excluding tert-OH is 1. The molecule has 2 aliphatic rings. The number of piperidine rings is 1. The summed E-state index contributed by atoms with van der Waals surface area (Å²) in [5.41, 5.74) is 0.805. The number of hydrogen-bond donors (Lipinski definition) is 3. The molecule has 0 aromatic heterocycles. The van der Waals surface area contributed by atoms with Crippen molar-refractivity contribution in [2.45, 2.75) is 43.5 Å². The van der Waals surface area contributed by atoms with Crippen LogP contribution in [0.5, 0.6) is 0 Å². The highest BCUT2D eigenvalue weighted by molar-refractivity contribution is 14.0. The van der Waals surface area contributed by atoms with E-state index in [4.69, 9.17) is 4.74 Å². The van der Waals surface area contributed by atoms with Crippen LogP contribution >= 0.6 is 24.0 Å². The number of halogens is 1. The van der Waals surface area contributed by atoms with Crippen molar-refractivity contribution in [2.75, 3.05) is 46.5 Å². The number of ether oxygens (including phenoxy) is 1. The van der Waals surface area contributed by atoms with E-state index in [9.17, 15) is 13.5 Å². The Morgan fingerprint density at radius 3 is 2.68 bits per heavy atom. The Labute approximate surface area is 202 Å². The molecule has 0 amide bonds. The van der Waals surface area contributed by atoms with Gasteiger partial charge in [-0.3, -0.25) is 4.99 Å². The maximum Gasteiger partial charge on any atom is 0.243 e. The molecule has 176 valence electrons. The maximum absolute atomic E-state index is 12.9. The molecule has 2 fully saturated rings. The van der Waals surface area contributed by atoms with Crippen LogP contribution in [0.3, 0.4) is 0 Å². The zero-order chi connectivity index (χ0) is 21.5. The summed E-state index contributed by atoms with van der Waals surface area (Å²) < 4.78 is 33.0. The van der Waals surface area contributed by atoms with E-state index in [1.54, 1.807) is 29.6 Å². The summed E-state index contributed by atoms with van der Waals surface area (Å²) in [5, 5.41) is 15.9. The van der Waals surface area contributed by atoms with Gasteiger partial charge in [-0.2, -0.15) is 4.31 Å². The normalized spacial score (nSPS) is 22.7. The fourth-order valence-electron chi connectivity index (χ4n) is 4.06. The smallest absolute Gasteiger partial charge is 0.243 e. The Hall–Kier alpha value is -0.950. The molecule has 1 aromatic rings. The van der Waals surface area contributed by atoms with Crippen LogP contribution in [-0.2, 0) is 21.3 Å². The highest BCUT2D eigenvalue weighted by Crippen LogP contribution is 2.31. The van der Waals surface area contributed by atoms with E-state index in [1.807, 2.05) is 6.07 Å². The number of aliphatic hydroxyl groups is 1. The molecule has 0 bridgehead atoms. The molecule has 0 aliphatic carbocycles. The molecular weight excluding hydrogens is 531 g/mol. The molecule has 2 heterocycles. The van der Waals surface area contributed by atoms with Crippen LogP contribution in [0.4, 0.5) is 0 Å². The van der Waals surface area contributed by atoms with Crippen molar-refractivity contribution in [1.29, 1.82) is 0 Å². The highest BCUT2D eigenvalue weighted by Gasteiger charge is 2.34. The van der Waals surface area contributed by atoms with Crippen LogP contribution in [0.25, 0.3) is 0 Å². The average molecular weight is 567 g/mol. The standard InChI is InChI=1S/C21H34N4O4S.HI/c1-22-20(24-16-21(8-12-26)9-13-29-17-21)23-15-18-6-5-7-19(14-18)30(27,28)25-10-3-2-4-11-25;/h5-7,14,26H,2-4,8-13,15-17H2,1H3,(H2,22,23,24);1H. The number of nitrogens with one attached hydrogen (secondary N) is 2. The molecule has 1 aromatic carbocycles. The lowest BCUT2D eigenvalue weighted by Crippen LogP contribution is -2.44. The van der Waals surface area contributed by atoms with Crippen LogP contribution in [0, 0.1) is 5.41 Å². The summed E-state index contributed by atoms with van der Waals surface area (Å²) in [6.07, 6.45) is 4.53. The van der Waals surface area contributed by atoms with E-state index in [2.05, 4.69) is 15.6 Å². The predicted molar refractivity (Wildman–Crippen MR) is 132 cm³/mol. The van der Waals surface area contributed by atoms with Crippen LogP contribution in [0.2, 0.25) is 0 Å². The molecule has 1 unspecified atom stereocenters. The molecule has 0 radical (unpaired) electrons. The van der Waals surface area contributed by atoms with Gasteiger partial charge in [0.05, 0.1) is 11.5 Å². The van der Waals surface area contributed by atoms with Gasteiger partial charge in [0.1, 0.15) is 0 Å². The lowest BCUT2D eigenvalue weighted by Gasteiger charge is -2.27. The first-order valence-corrected chi connectivity index (χ1v) is 12.2.